The highest BCUT2D eigenvalue weighted by molar-refractivity contribution is 7.11. The van der Waals surface area contributed by atoms with Crippen molar-refractivity contribution in [2.24, 2.45) is 0 Å². The molecule has 22 heavy (non-hydrogen) atoms. The summed E-state index contributed by atoms with van der Waals surface area (Å²) in [6, 6.07) is 7.92. The minimum absolute atomic E-state index is 0.711. The van der Waals surface area contributed by atoms with Crippen LogP contribution in [0.1, 0.15) is 10.6 Å². The number of hydrogen-bond acceptors (Lipinski definition) is 5. The lowest BCUT2D eigenvalue weighted by Gasteiger charge is -2.08. The molecule has 0 amide bonds. The number of ether oxygens (including phenoxy) is 2. The van der Waals surface area contributed by atoms with Crippen molar-refractivity contribution in [3.8, 4) is 22.8 Å². The van der Waals surface area contributed by atoms with Crippen molar-refractivity contribution >= 4 is 34.8 Å². The highest BCUT2D eigenvalue weighted by atomic mass is 32.1. The fourth-order valence-electron chi connectivity index (χ4n) is 2.03. The molecule has 3 aromatic rings. The van der Waals surface area contributed by atoms with Crippen LogP contribution in [0.4, 0.5) is 0 Å². The Hall–Kier alpha value is -2.11. The van der Waals surface area contributed by atoms with Gasteiger partial charge >= 0.3 is 0 Å². The molecule has 5 heteroatoms. The first-order chi connectivity index (χ1) is 10.8. The maximum atomic E-state index is 5.34. The Kier molecular flexibility index (Phi) is 4.56. The van der Waals surface area contributed by atoms with Gasteiger partial charge in [0.05, 0.1) is 19.9 Å². The molecule has 0 radical (unpaired) electrons. The molecule has 0 fully saturated rings. The number of aromatic nitrogens is 1. The fourth-order valence-corrected chi connectivity index (χ4v) is 3.38. The van der Waals surface area contributed by atoms with Crippen LogP contribution in [-0.4, -0.2) is 19.2 Å². The summed E-state index contributed by atoms with van der Waals surface area (Å²) in [5, 5.41) is 7.21. The molecule has 2 aromatic heterocycles. The Morgan fingerprint density at radius 2 is 1.86 bits per heavy atom. The molecule has 0 spiro atoms. The second-order valence-electron chi connectivity index (χ2n) is 4.53. The minimum Gasteiger partial charge on any atom is -0.493 e. The molecule has 0 aliphatic heterocycles. The number of methoxy groups -OCH3 is 2. The second-order valence-corrected chi connectivity index (χ2v) is 6.20. The maximum Gasteiger partial charge on any atom is 0.161 e. The lowest BCUT2D eigenvalue weighted by molar-refractivity contribution is 0.355. The third-order valence-corrected chi connectivity index (χ3v) is 4.67. The van der Waals surface area contributed by atoms with Gasteiger partial charge < -0.3 is 9.47 Å². The van der Waals surface area contributed by atoms with E-state index in [1.54, 1.807) is 36.9 Å². The lowest BCUT2D eigenvalue weighted by atomic mass is 10.1. The van der Waals surface area contributed by atoms with E-state index in [9.17, 15) is 0 Å². The number of thiazole rings is 1. The van der Waals surface area contributed by atoms with Crippen molar-refractivity contribution < 1.29 is 9.47 Å². The zero-order valence-electron chi connectivity index (χ0n) is 12.3. The van der Waals surface area contributed by atoms with Crippen LogP contribution in [0, 0.1) is 0 Å². The molecule has 0 saturated carbocycles. The van der Waals surface area contributed by atoms with Gasteiger partial charge in [0.1, 0.15) is 5.01 Å². The molecule has 1 aromatic carbocycles. The van der Waals surface area contributed by atoms with Crippen molar-refractivity contribution in [2.75, 3.05) is 14.2 Å². The van der Waals surface area contributed by atoms with Crippen LogP contribution in [0.2, 0.25) is 0 Å². The molecule has 0 aliphatic carbocycles. The van der Waals surface area contributed by atoms with E-state index in [0.717, 1.165) is 22.0 Å². The molecular formula is C17H15NO2S2. The van der Waals surface area contributed by atoms with E-state index in [1.165, 1.54) is 5.56 Å². The summed E-state index contributed by atoms with van der Waals surface area (Å²) < 4.78 is 10.6. The van der Waals surface area contributed by atoms with E-state index >= 15 is 0 Å². The van der Waals surface area contributed by atoms with Gasteiger partial charge in [0.15, 0.2) is 11.5 Å². The monoisotopic (exact) mass is 329 g/mol. The van der Waals surface area contributed by atoms with Gasteiger partial charge in [-0.05, 0) is 46.7 Å². The predicted octanol–water partition coefficient (Wildman–Crippen LogP) is 5.06. The summed E-state index contributed by atoms with van der Waals surface area (Å²) in [5.41, 5.74) is 3.16. The van der Waals surface area contributed by atoms with E-state index in [-0.39, 0.29) is 0 Å². The normalized spacial score (nSPS) is 11.0. The van der Waals surface area contributed by atoms with E-state index in [2.05, 4.69) is 33.3 Å². The first kappa shape index (κ1) is 14.8. The second kappa shape index (κ2) is 6.77. The summed E-state index contributed by atoms with van der Waals surface area (Å²) in [6.45, 7) is 0. The molecule has 3 nitrogen and oxygen atoms in total. The molecule has 112 valence electrons. The Morgan fingerprint density at radius 3 is 2.59 bits per heavy atom. The zero-order valence-corrected chi connectivity index (χ0v) is 13.9. The number of benzene rings is 1. The summed E-state index contributed by atoms with van der Waals surface area (Å²) in [7, 11) is 3.27. The van der Waals surface area contributed by atoms with Crippen molar-refractivity contribution in [3.05, 3.63) is 51.0 Å². The number of thiophene rings is 1. The maximum absolute atomic E-state index is 5.34. The molecule has 0 aliphatic rings. The van der Waals surface area contributed by atoms with Gasteiger partial charge in [-0.25, -0.2) is 4.98 Å². The molecule has 0 bridgehead atoms. The van der Waals surface area contributed by atoms with Crippen molar-refractivity contribution in [1.82, 2.24) is 4.98 Å². The van der Waals surface area contributed by atoms with Gasteiger partial charge in [0, 0.05) is 10.9 Å². The van der Waals surface area contributed by atoms with Gasteiger partial charge in [0.25, 0.3) is 0 Å². The Balaban J connectivity index is 1.84. The van der Waals surface area contributed by atoms with E-state index in [1.807, 2.05) is 24.3 Å². The number of nitrogens with zero attached hydrogens (tertiary/aromatic N) is 1. The van der Waals surface area contributed by atoms with Gasteiger partial charge in [-0.1, -0.05) is 6.08 Å². The number of rotatable bonds is 5. The van der Waals surface area contributed by atoms with Gasteiger partial charge in [-0.15, -0.1) is 11.3 Å². The van der Waals surface area contributed by atoms with Gasteiger partial charge in [-0.2, -0.15) is 11.3 Å². The Morgan fingerprint density at radius 1 is 1.00 bits per heavy atom. The molecule has 0 N–H and O–H groups in total. The predicted molar refractivity (Wildman–Crippen MR) is 93.9 cm³/mol. The Labute approximate surface area is 137 Å². The van der Waals surface area contributed by atoms with Crippen molar-refractivity contribution in [2.45, 2.75) is 0 Å². The van der Waals surface area contributed by atoms with Crippen LogP contribution >= 0.6 is 22.7 Å². The highest BCUT2D eigenvalue weighted by Gasteiger charge is 2.08. The summed E-state index contributed by atoms with van der Waals surface area (Å²) in [4.78, 5) is 4.65. The first-order valence-corrected chi connectivity index (χ1v) is 8.50. The number of hydrogen-bond donors (Lipinski definition) is 0. The summed E-state index contributed by atoms with van der Waals surface area (Å²) in [6.07, 6.45) is 4.12. The third kappa shape index (κ3) is 3.21. The minimum atomic E-state index is 0.711. The third-order valence-electron chi connectivity index (χ3n) is 3.16. The molecule has 0 atom stereocenters. The molecule has 2 heterocycles. The Bertz CT molecular complexity index is 776. The standard InChI is InChI=1S/C17H15NO2S2/c1-19-15-5-4-13(9-16(15)20-2)14-11-22-17(18-14)6-3-12-7-8-21-10-12/h3-11H,1-2H3. The molecular weight excluding hydrogens is 314 g/mol. The van der Waals surface area contributed by atoms with Crippen LogP contribution in [0.3, 0.4) is 0 Å². The van der Waals surface area contributed by atoms with E-state index < -0.39 is 0 Å². The highest BCUT2D eigenvalue weighted by Crippen LogP contribution is 2.32. The van der Waals surface area contributed by atoms with E-state index in [4.69, 9.17) is 9.47 Å². The smallest absolute Gasteiger partial charge is 0.161 e. The zero-order chi connectivity index (χ0) is 15.4. The first-order valence-electron chi connectivity index (χ1n) is 6.68. The van der Waals surface area contributed by atoms with Crippen LogP contribution in [0.15, 0.2) is 40.4 Å². The van der Waals surface area contributed by atoms with Crippen LogP contribution in [-0.2, 0) is 0 Å². The quantitative estimate of drug-likeness (QED) is 0.655. The van der Waals surface area contributed by atoms with Crippen LogP contribution in [0.5, 0.6) is 11.5 Å². The van der Waals surface area contributed by atoms with Crippen molar-refractivity contribution in [3.63, 3.8) is 0 Å². The SMILES string of the molecule is COc1ccc(-c2csc(C=Cc3ccsc3)n2)cc1OC. The van der Waals surface area contributed by atoms with Gasteiger partial charge in [0.2, 0.25) is 0 Å². The summed E-state index contributed by atoms with van der Waals surface area (Å²) in [5.74, 6) is 1.43. The average Bonchev–Trinajstić information content (AvgIpc) is 3.23. The topological polar surface area (TPSA) is 31.4 Å². The fraction of sp³-hybridized carbons (Fsp3) is 0.118. The van der Waals surface area contributed by atoms with E-state index in [0.29, 0.717) is 5.75 Å². The molecule has 0 saturated heterocycles. The van der Waals surface area contributed by atoms with Gasteiger partial charge in [-0.3, -0.25) is 0 Å². The molecule has 0 unspecified atom stereocenters. The summed E-state index contributed by atoms with van der Waals surface area (Å²) >= 11 is 3.31. The lowest BCUT2D eigenvalue weighted by Crippen LogP contribution is -1.90. The largest absolute Gasteiger partial charge is 0.493 e. The average molecular weight is 329 g/mol. The van der Waals surface area contributed by atoms with Crippen LogP contribution < -0.4 is 9.47 Å². The van der Waals surface area contributed by atoms with Crippen LogP contribution in [0.25, 0.3) is 23.4 Å². The van der Waals surface area contributed by atoms with Crippen molar-refractivity contribution in [1.29, 1.82) is 0 Å². The molecule has 3 rings (SSSR count).